The van der Waals surface area contributed by atoms with Crippen LogP contribution in [0.15, 0.2) is 0 Å². The highest BCUT2D eigenvalue weighted by Gasteiger charge is 2.34. The van der Waals surface area contributed by atoms with Crippen molar-refractivity contribution in [1.82, 2.24) is 5.32 Å². The van der Waals surface area contributed by atoms with E-state index in [1.807, 2.05) is 0 Å². The minimum atomic E-state index is 0.430. The molecule has 0 aromatic rings. The van der Waals surface area contributed by atoms with Crippen molar-refractivity contribution in [3.05, 3.63) is 0 Å². The maximum absolute atomic E-state index is 5.75. The van der Waals surface area contributed by atoms with E-state index in [0.717, 1.165) is 19.0 Å². The van der Waals surface area contributed by atoms with E-state index in [1.54, 1.807) is 0 Å². The van der Waals surface area contributed by atoms with Gasteiger partial charge in [-0.1, -0.05) is 0 Å². The average molecular weight is 141 g/mol. The van der Waals surface area contributed by atoms with Crippen molar-refractivity contribution in [2.24, 2.45) is 5.92 Å². The third-order valence-corrected chi connectivity index (χ3v) is 2.33. The van der Waals surface area contributed by atoms with Crippen LogP contribution in [0.25, 0.3) is 0 Å². The molecule has 1 saturated carbocycles. The molecule has 1 N–H and O–H groups in total. The monoisotopic (exact) mass is 141 g/mol. The maximum atomic E-state index is 5.75. The highest BCUT2D eigenvalue weighted by Crippen LogP contribution is 2.35. The van der Waals surface area contributed by atoms with Crippen LogP contribution < -0.4 is 5.32 Å². The summed E-state index contributed by atoms with van der Waals surface area (Å²) in [7, 11) is 0. The van der Waals surface area contributed by atoms with Crippen LogP contribution >= 0.6 is 0 Å². The molecule has 2 heteroatoms. The van der Waals surface area contributed by atoms with E-state index in [1.165, 1.54) is 12.8 Å². The van der Waals surface area contributed by atoms with Gasteiger partial charge in [-0.3, -0.25) is 0 Å². The van der Waals surface area contributed by atoms with Crippen molar-refractivity contribution < 1.29 is 4.74 Å². The van der Waals surface area contributed by atoms with Crippen LogP contribution in [0.3, 0.4) is 0 Å². The quantitative estimate of drug-likeness (QED) is 0.582. The van der Waals surface area contributed by atoms with Gasteiger partial charge < -0.3 is 10.1 Å². The van der Waals surface area contributed by atoms with Crippen LogP contribution in [-0.2, 0) is 4.74 Å². The van der Waals surface area contributed by atoms with Crippen molar-refractivity contribution in [1.29, 1.82) is 0 Å². The van der Waals surface area contributed by atoms with E-state index in [9.17, 15) is 0 Å². The highest BCUT2D eigenvalue weighted by atomic mass is 16.5. The molecule has 2 aliphatic rings. The van der Waals surface area contributed by atoms with Gasteiger partial charge in [0.25, 0.3) is 0 Å². The summed E-state index contributed by atoms with van der Waals surface area (Å²) < 4.78 is 5.75. The van der Waals surface area contributed by atoms with Gasteiger partial charge in [-0.05, 0) is 25.7 Å². The topological polar surface area (TPSA) is 21.3 Å². The van der Waals surface area contributed by atoms with E-state index in [2.05, 4.69) is 12.2 Å². The van der Waals surface area contributed by atoms with Crippen LogP contribution in [0.5, 0.6) is 0 Å². The molecular weight excluding hydrogens is 126 g/mol. The molecule has 0 bridgehead atoms. The van der Waals surface area contributed by atoms with Crippen molar-refractivity contribution >= 4 is 0 Å². The van der Waals surface area contributed by atoms with Gasteiger partial charge in [0.2, 0.25) is 0 Å². The highest BCUT2D eigenvalue weighted by molar-refractivity contribution is 4.86. The zero-order valence-electron chi connectivity index (χ0n) is 6.47. The van der Waals surface area contributed by atoms with Gasteiger partial charge in [-0.2, -0.15) is 0 Å². The standard InChI is InChI=1S/C8H15NO/c1-6-4-9-5-8(10-6)7-2-3-7/h6-9H,2-5H2,1H3/t6-,8+/m1/s1. The normalized spacial score (nSPS) is 41.7. The second kappa shape index (κ2) is 2.51. The third-order valence-electron chi connectivity index (χ3n) is 2.33. The van der Waals surface area contributed by atoms with Gasteiger partial charge in [-0.15, -0.1) is 0 Å². The molecule has 2 fully saturated rings. The Labute approximate surface area is 61.9 Å². The van der Waals surface area contributed by atoms with Crippen LogP contribution in [0, 0.1) is 5.92 Å². The Hall–Kier alpha value is -0.0800. The summed E-state index contributed by atoms with van der Waals surface area (Å²) >= 11 is 0. The Morgan fingerprint density at radius 3 is 2.70 bits per heavy atom. The smallest absolute Gasteiger partial charge is 0.0731 e. The molecule has 1 heterocycles. The van der Waals surface area contributed by atoms with Gasteiger partial charge in [0.05, 0.1) is 12.2 Å². The first-order chi connectivity index (χ1) is 4.86. The van der Waals surface area contributed by atoms with E-state index in [0.29, 0.717) is 12.2 Å². The number of ether oxygens (including phenoxy) is 1. The molecule has 10 heavy (non-hydrogen) atoms. The van der Waals surface area contributed by atoms with Crippen molar-refractivity contribution in [3.63, 3.8) is 0 Å². The average Bonchev–Trinajstić information content (AvgIpc) is 2.68. The number of hydrogen-bond donors (Lipinski definition) is 1. The zero-order valence-corrected chi connectivity index (χ0v) is 6.47. The summed E-state index contributed by atoms with van der Waals surface area (Å²) in [6.45, 7) is 4.25. The van der Waals surface area contributed by atoms with Gasteiger partial charge >= 0.3 is 0 Å². The van der Waals surface area contributed by atoms with Crippen LogP contribution in [-0.4, -0.2) is 25.3 Å². The van der Waals surface area contributed by atoms with Crippen LogP contribution in [0.1, 0.15) is 19.8 Å². The molecule has 0 amide bonds. The lowest BCUT2D eigenvalue weighted by atomic mass is 10.2. The molecule has 0 aromatic carbocycles. The van der Waals surface area contributed by atoms with Crippen LogP contribution in [0.4, 0.5) is 0 Å². The molecule has 0 spiro atoms. The van der Waals surface area contributed by atoms with Crippen molar-refractivity contribution in [2.75, 3.05) is 13.1 Å². The Kier molecular flexibility index (Phi) is 1.66. The number of morpholine rings is 1. The molecule has 58 valence electrons. The molecule has 2 rings (SSSR count). The van der Waals surface area contributed by atoms with Crippen LogP contribution in [0.2, 0.25) is 0 Å². The number of hydrogen-bond acceptors (Lipinski definition) is 2. The van der Waals surface area contributed by atoms with Gasteiger partial charge in [0, 0.05) is 13.1 Å². The molecule has 2 atom stereocenters. The van der Waals surface area contributed by atoms with Crippen molar-refractivity contribution in [3.8, 4) is 0 Å². The number of rotatable bonds is 1. The van der Waals surface area contributed by atoms with E-state index in [4.69, 9.17) is 4.74 Å². The van der Waals surface area contributed by atoms with Gasteiger partial charge in [-0.25, -0.2) is 0 Å². The predicted molar refractivity (Wildman–Crippen MR) is 39.9 cm³/mol. The van der Waals surface area contributed by atoms with E-state index >= 15 is 0 Å². The molecule has 2 nitrogen and oxygen atoms in total. The van der Waals surface area contributed by atoms with E-state index in [-0.39, 0.29) is 0 Å². The lowest BCUT2D eigenvalue weighted by Gasteiger charge is -2.28. The summed E-state index contributed by atoms with van der Waals surface area (Å²) in [5.41, 5.74) is 0. The number of nitrogens with one attached hydrogen (secondary N) is 1. The summed E-state index contributed by atoms with van der Waals surface area (Å²) in [6.07, 6.45) is 3.74. The van der Waals surface area contributed by atoms with Gasteiger partial charge in [0.15, 0.2) is 0 Å². The molecule has 0 radical (unpaired) electrons. The summed E-state index contributed by atoms with van der Waals surface area (Å²) in [5, 5.41) is 3.38. The first-order valence-electron chi connectivity index (χ1n) is 4.22. The Morgan fingerprint density at radius 1 is 1.30 bits per heavy atom. The summed E-state index contributed by atoms with van der Waals surface area (Å²) in [6, 6.07) is 0. The second-order valence-electron chi connectivity index (χ2n) is 3.48. The largest absolute Gasteiger partial charge is 0.372 e. The second-order valence-corrected chi connectivity index (χ2v) is 3.48. The maximum Gasteiger partial charge on any atom is 0.0731 e. The fourth-order valence-corrected chi connectivity index (χ4v) is 1.57. The third kappa shape index (κ3) is 1.32. The minimum absolute atomic E-state index is 0.430. The predicted octanol–water partition coefficient (Wildman–Crippen LogP) is 0.773. The molecule has 1 aliphatic heterocycles. The Bertz CT molecular complexity index is 122. The molecule has 0 unspecified atom stereocenters. The first-order valence-corrected chi connectivity index (χ1v) is 4.22. The Balaban J connectivity index is 1.84. The zero-order chi connectivity index (χ0) is 6.97. The molecule has 1 saturated heterocycles. The molecule has 0 aromatic heterocycles. The van der Waals surface area contributed by atoms with E-state index < -0.39 is 0 Å². The summed E-state index contributed by atoms with van der Waals surface area (Å²) in [4.78, 5) is 0. The fourth-order valence-electron chi connectivity index (χ4n) is 1.57. The minimum Gasteiger partial charge on any atom is -0.372 e. The first kappa shape index (κ1) is 6.62. The lowest BCUT2D eigenvalue weighted by Crippen LogP contribution is -2.44. The van der Waals surface area contributed by atoms with Crippen molar-refractivity contribution in [2.45, 2.75) is 32.0 Å². The Morgan fingerprint density at radius 2 is 2.10 bits per heavy atom. The van der Waals surface area contributed by atoms with Gasteiger partial charge in [0.1, 0.15) is 0 Å². The SMILES string of the molecule is C[C@@H]1CNC[C@@H](C2CC2)O1. The molecule has 1 aliphatic carbocycles. The lowest BCUT2D eigenvalue weighted by molar-refractivity contribution is -0.0380. The molecular formula is C8H15NO. The summed E-state index contributed by atoms with van der Waals surface area (Å²) in [5.74, 6) is 0.884. The fraction of sp³-hybridized carbons (Fsp3) is 1.00.